The van der Waals surface area contributed by atoms with E-state index in [9.17, 15) is 61.5 Å². The Hall–Kier alpha value is -1.98. The monoisotopic (exact) mass is 692 g/mol. The van der Waals surface area contributed by atoms with Crippen molar-refractivity contribution in [3.63, 3.8) is 0 Å². The zero-order chi connectivity index (χ0) is 28.9. The third-order valence-electron chi connectivity index (χ3n) is 4.58. The van der Waals surface area contributed by atoms with Crippen LogP contribution in [0.2, 0.25) is 0 Å². The second kappa shape index (κ2) is 9.64. The Morgan fingerprint density at radius 2 is 0.676 bits per heavy atom. The predicted molar refractivity (Wildman–Crippen MR) is 105 cm³/mol. The van der Waals surface area contributed by atoms with Crippen LogP contribution in [0.4, 0.5) is 61.5 Å². The van der Waals surface area contributed by atoms with Crippen LogP contribution in [-0.4, -0.2) is 34.2 Å². The van der Waals surface area contributed by atoms with Crippen molar-refractivity contribution in [3.05, 3.63) is 59.7 Å². The van der Waals surface area contributed by atoms with Gasteiger partial charge in [-0.1, -0.05) is 24.3 Å². The van der Waals surface area contributed by atoms with Crippen molar-refractivity contribution >= 4 is 31.9 Å². The van der Waals surface area contributed by atoms with Gasteiger partial charge in [0.1, 0.15) is 11.5 Å². The molecule has 0 radical (unpaired) electrons. The van der Waals surface area contributed by atoms with Gasteiger partial charge in [-0.05, 0) is 35.4 Å². The molecule has 18 heteroatoms. The van der Waals surface area contributed by atoms with Gasteiger partial charge in [0.2, 0.25) is 5.41 Å². The Morgan fingerprint density at radius 1 is 0.432 bits per heavy atom. The maximum atomic E-state index is 14.1. The fourth-order valence-corrected chi connectivity index (χ4v) is 3.10. The van der Waals surface area contributed by atoms with Gasteiger partial charge in [-0.3, -0.25) is 0 Å². The lowest BCUT2D eigenvalue weighted by Gasteiger charge is -2.38. The fraction of sp³-hybridized carbons (Fsp3) is 0.368. The highest BCUT2D eigenvalue weighted by molar-refractivity contribution is 9.10. The highest BCUT2D eigenvalue weighted by atomic mass is 79.9. The summed E-state index contributed by atoms with van der Waals surface area (Å²) in [4.78, 5) is -9.92. The molecule has 0 bridgehead atoms. The molecule has 0 heterocycles. The van der Waals surface area contributed by atoms with Crippen molar-refractivity contribution < 1.29 is 70.9 Å². The molecule has 37 heavy (non-hydrogen) atoms. The van der Waals surface area contributed by atoms with Gasteiger partial charge in [0, 0.05) is 31.9 Å². The van der Waals surface area contributed by atoms with Crippen molar-refractivity contribution in [2.24, 2.45) is 0 Å². The van der Waals surface area contributed by atoms with E-state index in [4.69, 9.17) is 0 Å². The molecule has 0 N–H and O–H groups in total. The van der Waals surface area contributed by atoms with E-state index in [1.807, 2.05) is 0 Å². The summed E-state index contributed by atoms with van der Waals surface area (Å²) in [5.41, 5.74) is -8.26. The van der Waals surface area contributed by atoms with Crippen LogP contribution in [-0.2, 0) is 5.41 Å². The van der Waals surface area contributed by atoms with Crippen LogP contribution >= 0.6 is 31.9 Å². The number of hydrogen-bond acceptors (Lipinski definition) is 2. The molecule has 0 amide bonds. The molecule has 208 valence electrons. The predicted octanol–water partition coefficient (Wildman–Crippen LogP) is 9.02. The molecule has 0 fully saturated rings. The summed E-state index contributed by atoms with van der Waals surface area (Å²) >= 11 is 2.63. The third-order valence-corrected chi connectivity index (χ3v) is 5.50. The summed E-state index contributed by atoms with van der Waals surface area (Å²) in [5, 5.41) is 0. The van der Waals surface area contributed by atoms with Gasteiger partial charge in [0.05, 0.1) is 0 Å². The summed E-state index contributed by atoms with van der Waals surface area (Å²) in [6.45, 7) is 0. The third kappa shape index (κ3) is 6.04. The Kier molecular flexibility index (Phi) is 8.14. The van der Waals surface area contributed by atoms with Gasteiger partial charge in [-0.2, -0.15) is 61.5 Å². The lowest BCUT2D eigenvalue weighted by molar-refractivity contribution is -0.288. The molecule has 0 atom stereocenters. The van der Waals surface area contributed by atoms with E-state index in [2.05, 4.69) is 9.47 Å². The molecule has 2 rings (SSSR count). The number of ether oxygens (including phenoxy) is 2. The van der Waals surface area contributed by atoms with Crippen LogP contribution in [0.3, 0.4) is 0 Å². The Balaban J connectivity index is 2.62. The smallest absolute Gasteiger partial charge is 0.427 e. The van der Waals surface area contributed by atoms with E-state index in [-0.39, 0.29) is 48.5 Å². The first-order chi connectivity index (χ1) is 16.4. The molecular weight excluding hydrogens is 686 g/mol. The number of halogens is 16. The van der Waals surface area contributed by atoms with E-state index in [1.54, 1.807) is 0 Å². The highest BCUT2D eigenvalue weighted by Crippen LogP contribution is 2.56. The van der Waals surface area contributed by atoms with Crippen molar-refractivity contribution in [3.8, 4) is 11.5 Å². The first-order valence-electron chi connectivity index (χ1n) is 8.98. The van der Waals surface area contributed by atoms with E-state index in [0.29, 0.717) is 0 Å². The molecule has 0 saturated heterocycles. The minimum Gasteiger partial charge on any atom is -0.427 e. The first-order valence-corrected chi connectivity index (χ1v) is 10.6. The highest BCUT2D eigenvalue weighted by Gasteiger charge is 2.72. The summed E-state index contributed by atoms with van der Waals surface area (Å²) in [6, 6.07) is 0.584. The summed E-state index contributed by atoms with van der Waals surface area (Å²) < 4.78 is 196. The second-order valence-corrected chi connectivity index (χ2v) is 9.02. The standard InChI is InChI=1S/C19H8Br2F14O2/c20-14(22,23)18(32,33)36-11-5-1-9(2-6-11)13(16(26,27)28,17(29,30)31)10-3-7-12(8-4-10)37-19(34,35)15(21,24)25/h1-8H. The minimum atomic E-state index is -6.23. The number of alkyl halides is 16. The van der Waals surface area contributed by atoms with E-state index < -0.39 is 62.3 Å². The number of rotatable bonds is 8. The maximum absolute atomic E-state index is 14.1. The van der Waals surface area contributed by atoms with Gasteiger partial charge in [0.15, 0.2) is 0 Å². The molecular formula is C19H8Br2F14O2. The zero-order valence-electron chi connectivity index (χ0n) is 17.0. The van der Waals surface area contributed by atoms with E-state index in [1.165, 1.54) is 31.9 Å². The van der Waals surface area contributed by atoms with Gasteiger partial charge >= 0.3 is 34.2 Å². The molecule has 0 aliphatic carbocycles. The molecule has 2 aromatic carbocycles. The molecule has 0 aliphatic rings. The maximum Gasteiger partial charge on any atom is 0.475 e. The fourth-order valence-electron chi connectivity index (χ4n) is 2.94. The SMILES string of the molecule is FC(F)(F)C(c1ccc(OC(F)(F)C(F)(F)Br)cc1)(c1ccc(OC(F)(F)C(F)(F)Br)cc1)C(F)(F)F. The van der Waals surface area contributed by atoms with E-state index in [0.717, 1.165) is 0 Å². The van der Waals surface area contributed by atoms with Gasteiger partial charge in [-0.15, -0.1) is 0 Å². The number of benzene rings is 2. The van der Waals surface area contributed by atoms with Crippen LogP contribution in [0.5, 0.6) is 11.5 Å². The Bertz CT molecular complexity index is 981. The molecule has 0 unspecified atom stereocenters. The summed E-state index contributed by atoms with van der Waals surface area (Å²) in [6.07, 6.45) is -23.0. The lowest BCUT2D eigenvalue weighted by Crippen LogP contribution is -2.54. The normalized spacial score (nSPS) is 14.5. The molecule has 0 aromatic heterocycles. The lowest BCUT2D eigenvalue weighted by atomic mass is 9.73. The number of hydrogen-bond donors (Lipinski definition) is 0. The molecule has 2 aromatic rings. The van der Waals surface area contributed by atoms with Crippen LogP contribution < -0.4 is 9.47 Å². The van der Waals surface area contributed by atoms with Crippen molar-refractivity contribution in [1.29, 1.82) is 0 Å². The quantitative estimate of drug-likeness (QED) is 0.203. The minimum absolute atomic E-state index is 0.0166. The molecule has 2 nitrogen and oxygen atoms in total. The van der Waals surface area contributed by atoms with Crippen LogP contribution in [0, 0.1) is 0 Å². The largest absolute Gasteiger partial charge is 0.475 e. The Morgan fingerprint density at radius 3 is 0.865 bits per heavy atom. The van der Waals surface area contributed by atoms with Crippen molar-refractivity contribution in [2.45, 2.75) is 39.6 Å². The van der Waals surface area contributed by atoms with Crippen LogP contribution in [0.15, 0.2) is 48.5 Å². The average Bonchev–Trinajstić information content (AvgIpc) is 2.66. The van der Waals surface area contributed by atoms with Crippen molar-refractivity contribution in [2.75, 3.05) is 0 Å². The van der Waals surface area contributed by atoms with Crippen molar-refractivity contribution in [1.82, 2.24) is 0 Å². The zero-order valence-corrected chi connectivity index (χ0v) is 20.2. The molecule has 0 aliphatic heterocycles. The molecule has 0 saturated carbocycles. The summed E-state index contributed by atoms with van der Waals surface area (Å²) in [7, 11) is 0. The topological polar surface area (TPSA) is 18.5 Å². The first kappa shape index (κ1) is 31.2. The molecule has 0 spiro atoms. The van der Waals surface area contributed by atoms with E-state index >= 15 is 0 Å². The van der Waals surface area contributed by atoms with Gasteiger partial charge in [0.25, 0.3) is 0 Å². The van der Waals surface area contributed by atoms with Gasteiger partial charge < -0.3 is 9.47 Å². The second-order valence-electron chi connectivity index (χ2n) is 7.03. The Labute approximate surface area is 213 Å². The average molecular weight is 694 g/mol. The van der Waals surface area contributed by atoms with Gasteiger partial charge in [-0.25, -0.2) is 0 Å². The summed E-state index contributed by atoms with van der Waals surface area (Å²) in [5.74, 6) is -2.49. The van der Waals surface area contributed by atoms with Crippen LogP contribution in [0.1, 0.15) is 11.1 Å². The van der Waals surface area contributed by atoms with Crippen LogP contribution in [0.25, 0.3) is 0 Å².